The highest BCUT2D eigenvalue weighted by atomic mass is 79.9. The van der Waals surface area contributed by atoms with E-state index in [2.05, 4.69) is 98.2 Å². The predicted octanol–water partition coefficient (Wildman–Crippen LogP) is 8.01. The molecule has 0 amide bonds. The second kappa shape index (κ2) is 7.65. The Hall–Kier alpha value is -1.82. The third kappa shape index (κ3) is 2.93. The molecule has 3 nitrogen and oxygen atoms in total. The molecule has 1 atom stereocenters. The molecular formula is C26H26Br2N2O. The first-order valence-electron chi connectivity index (χ1n) is 10.8. The first-order chi connectivity index (χ1) is 14.9. The Bertz CT molecular complexity index is 1490. The van der Waals surface area contributed by atoms with E-state index in [-0.39, 0.29) is 6.61 Å². The molecule has 0 saturated carbocycles. The average molecular weight is 542 g/mol. The van der Waals surface area contributed by atoms with Gasteiger partial charge in [0.25, 0.3) is 0 Å². The fourth-order valence-corrected chi connectivity index (χ4v) is 6.37. The molecule has 0 aliphatic carbocycles. The summed E-state index contributed by atoms with van der Waals surface area (Å²) in [6.07, 6.45) is 1.13. The van der Waals surface area contributed by atoms with Crippen LogP contribution in [0.3, 0.4) is 0 Å². The Kier molecular flexibility index (Phi) is 5.19. The minimum atomic E-state index is 0.250. The van der Waals surface area contributed by atoms with E-state index in [1.54, 1.807) is 6.92 Å². The van der Waals surface area contributed by atoms with E-state index in [4.69, 9.17) is 5.11 Å². The van der Waals surface area contributed by atoms with Gasteiger partial charge in [-0.15, -0.1) is 0 Å². The summed E-state index contributed by atoms with van der Waals surface area (Å²) in [7, 11) is 0. The Labute approximate surface area is 198 Å². The molecule has 0 radical (unpaired) electrons. The number of hydrogen-bond donors (Lipinski definition) is 1. The van der Waals surface area contributed by atoms with Gasteiger partial charge in [-0.3, -0.25) is 0 Å². The van der Waals surface area contributed by atoms with E-state index in [0.29, 0.717) is 6.04 Å². The van der Waals surface area contributed by atoms with Crippen molar-refractivity contribution in [1.29, 1.82) is 0 Å². The van der Waals surface area contributed by atoms with Crippen molar-refractivity contribution in [2.45, 2.75) is 46.7 Å². The fourth-order valence-electron chi connectivity index (χ4n) is 5.17. The summed E-state index contributed by atoms with van der Waals surface area (Å²) in [5.74, 6) is 0. The number of aromatic nitrogens is 2. The van der Waals surface area contributed by atoms with Gasteiger partial charge in [0.1, 0.15) is 0 Å². The fraction of sp³-hybridized carbons (Fsp3) is 0.308. The molecule has 1 N–H and O–H groups in total. The molecule has 1 unspecified atom stereocenters. The lowest BCUT2D eigenvalue weighted by Gasteiger charge is -2.15. The molecule has 3 aromatic carbocycles. The van der Waals surface area contributed by atoms with Gasteiger partial charge in [0.05, 0.1) is 11.0 Å². The van der Waals surface area contributed by atoms with Crippen LogP contribution in [0.1, 0.15) is 37.4 Å². The topological polar surface area (TPSA) is 30.1 Å². The third-order valence-corrected chi connectivity index (χ3v) is 8.56. The molecule has 0 spiro atoms. The maximum absolute atomic E-state index is 7.57. The Balaban J connectivity index is 0.000000646. The zero-order chi connectivity index (χ0) is 22.0. The number of nitrogens with zero attached hydrogens (tertiary/aromatic N) is 2. The average Bonchev–Trinajstić information content (AvgIpc) is 3.18. The number of aryl methyl sites for hydroxylation is 3. The quantitative estimate of drug-likeness (QED) is 0.211. The van der Waals surface area contributed by atoms with Crippen molar-refractivity contribution >= 4 is 75.5 Å². The highest BCUT2D eigenvalue weighted by molar-refractivity contribution is 9.13. The second-order valence-corrected chi connectivity index (χ2v) is 10.2. The molecule has 0 saturated heterocycles. The summed E-state index contributed by atoms with van der Waals surface area (Å²) in [5.41, 5.74) is 8.01. The Morgan fingerprint density at radius 3 is 2.03 bits per heavy atom. The van der Waals surface area contributed by atoms with Gasteiger partial charge in [-0.2, -0.15) is 0 Å². The molecular weight excluding hydrogens is 516 g/mol. The number of fused-ring (bicyclic) bond motifs is 6. The van der Waals surface area contributed by atoms with Crippen LogP contribution in [0.2, 0.25) is 0 Å². The van der Waals surface area contributed by atoms with E-state index in [9.17, 15) is 0 Å². The smallest absolute Gasteiger partial charge is 0.0754 e. The van der Waals surface area contributed by atoms with Crippen molar-refractivity contribution in [1.82, 2.24) is 9.13 Å². The van der Waals surface area contributed by atoms with Crippen molar-refractivity contribution in [3.63, 3.8) is 0 Å². The first kappa shape index (κ1) is 21.0. The minimum Gasteiger partial charge on any atom is -0.397 e. The van der Waals surface area contributed by atoms with E-state index >= 15 is 0 Å². The number of rotatable bonds is 0. The number of aliphatic hydroxyl groups is 1. The molecule has 2 aromatic heterocycles. The lowest BCUT2D eigenvalue weighted by molar-refractivity contribution is 0.318. The van der Waals surface area contributed by atoms with E-state index in [1.165, 1.54) is 63.7 Å². The summed E-state index contributed by atoms with van der Waals surface area (Å²) in [5, 5.41) is 12.9. The summed E-state index contributed by atoms with van der Waals surface area (Å²) >= 11 is 7.94. The highest BCUT2D eigenvalue weighted by Gasteiger charge is 2.28. The van der Waals surface area contributed by atoms with Crippen LogP contribution < -0.4 is 0 Å². The summed E-state index contributed by atoms with van der Waals surface area (Å²) < 4.78 is 7.47. The zero-order valence-corrected chi connectivity index (χ0v) is 21.4. The maximum atomic E-state index is 7.57. The van der Waals surface area contributed by atoms with Gasteiger partial charge in [0.15, 0.2) is 0 Å². The number of benzene rings is 3. The van der Waals surface area contributed by atoms with Gasteiger partial charge in [-0.1, -0.05) is 23.3 Å². The third-order valence-electron chi connectivity index (χ3n) is 6.44. The molecule has 5 heteroatoms. The van der Waals surface area contributed by atoms with Gasteiger partial charge in [-0.05, 0) is 90.2 Å². The normalized spacial score (nSPS) is 15.8. The Morgan fingerprint density at radius 2 is 1.42 bits per heavy atom. The largest absolute Gasteiger partial charge is 0.397 e. The minimum absolute atomic E-state index is 0.250. The number of hydrogen-bond acceptors (Lipinski definition) is 1. The zero-order valence-electron chi connectivity index (χ0n) is 18.3. The van der Waals surface area contributed by atoms with Gasteiger partial charge >= 0.3 is 0 Å². The van der Waals surface area contributed by atoms with Crippen LogP contribution in [0.25, 0.3) is 43.6 Å². The van der Waals surface area contributed by atoms with Gasteiger partial charge < -0.3 is 14.2 Å². The summed E-state index contributed by atoms with van der Waals surface area (Å²) in [4.78, 5) is 0. The van der Waals surface area contributed by atoms with E-state index in [0.717, 1.165) is 13.0 Å². The molecule has 5 aromatic rings. The summed E-state index contributed by atoms with van der Waals surface area (Å²) in [6, 6.07) is 14.2. The lowest BCUT2D eigenvalue weighted by Crippen LogP contribution is -2.05. The number of halogens is 2. The maximum Gasteiger partial charge on any atom is 0.0754 e. The van der Waals surface area contributed by atoms with Gasteiger partial charge in [0, 0.05) is 60.7 Å². The summed E-state index contributed by atoms with van der Waals surface area (Å²) in [6.45, 7) is 9.69. The van der Waals surface area contributed by atoms with Gasteiger partial charge in [-0.25, -0.2) is 0 Å². The number of aliphatic hydroxyl groups excluding tert-OH is 1. The van der Waals surface area contributed by atoms with Crippen molar-refractivity contribution in [2.24, 2.45) is 0 Å². The molecule has 1 aliphatic heterocycles. The van der Waals surface area contributed by atoms with Crippen molar-refractivity contribution in [3.8, 4) is 0 Å². The SMILES string of the molecule is CCO.Cc1ccc2c(c1)c1c(Br)c(Br)c3c4cc(C)ccc4n4c3c1n2CCC4C. The van der Waals surface area contributed by atoms with Crippen LogP contribution in [0.5, 0.6) is 0 Å². The van der Waals surface area contributed by atoms with Crippen molar-refractivity contribution in [3.05, 3.63) is 56.5 Å². The standard InChI is InChI=1S/C24H20Br2N2.C2H6O/c1-12-4-6-17-15(10-12)19-21(25)22(26)20-16-11-13(2)5-7-18(16)28-14(3)8-9-27(17)23(19)24(20)28;1-2-3/h4-7,10-11,14H,8-9H2,1-3H3;3H,2H2,1H3. The molecule has 0 fully saturated rings. The van der Waals surface area contributed by atoms with E-state index < -0.39 is 0 Å². The molecule has 6 rings (SSSR count). The van der Waals surface area contributed by atoms with E-state index in [1.807, 2.05) is 0 Å². The molecule has 160 valence electrons. The van der Waals surface area contributed by atoms with Crippen LogP contribution in [0, 0.1) is 13.8 Å². The van der Waals surface area contributed by atoms with Crippen molar-refractivity contribution in [2.75, 3.05) is 6.61 Å². The highest BCUT2D eigenvalue weighted by Crippen LogP contribution is 2.49. The van der Waals surface area contributed by atoms with Crippen LogP contribution in [-0.4, -0.2) is 20.8 Å². The van der Waals surface area contributed by atoms with Crippen LogP contribution >= 0.6 is 31.9 Å². The first-order valence-corrected chi connectivity index (χ1v) is 12.4. The Morgan fingerprint density at radius 1 is 0.903 bits per heavy atom. The van der Waals surface area contributed by atoms with Crippen LogP contribution in [0.15, 0.2) is 45.3 Å². The van der Waals surface area contributed by atoms with Crippen molar-refractivity contribution < 1.29 is 5.11 Å². The van der Waals surface area contributed by atoms with Crippen LogP contribution in [0.4, 0.5) is 0 Å². The molecule has 0 bridgehead atoms. The van der Waals surface area contributed by atoms with Gasteiger partial charge in [0.2, 0.25) is 0 Å². The monoisotopic (exact) mass is 540 g/mol. The molecule has 1 aliphatic rings. The lowest BCUT2D eigenvalue weighted by atomic mass is 10.1. The molecule has 3 heterocycles. The van der Waals surface area contributed by atoms with Crippen LogP contribution in [-0.2, 0) is 6.54 Å². The predicted molar refractivity (Wildman–Crippen MR) is 139 cm³/mol. The second-order valence-electron chi connectivity index (χ2n) is 8.59. The molecule has 31 heavy (non-hydrogen) atoms.